The summed E-state index contributed by atoms with van der Waals surface area (Å²) >= 11 is 2.36. The predicted octanol–water partition coefficient (Wildman–Crippen LogP) is 5.58. The van der Waals surface area contributed by atoms with Crippen molar-refractivity contribution in [1.29, 1.82) is 0 Å². The fourth-order valence-electron chi connectivity index (χ4n) is 3.15. The molecule has 2 aromatic carbocycles. The molecule has 0 atom stereocenters. The molecule has 28 heavy (non-hydrogen) atoms. The Bertz CT molecular complexity index is 958. The minimum absolute atomic E-state index is 0.135. The molecule has 0 aliphatic rings. The average molecular weight is 490 g/mol. The van der Waals surface area contributed by atoms with E-state index in [1.165, 1.54) is 11.1 Å². The van der Waals surface area contributed by atoms with Crippen LogP contribution in [0, 0.1) is 6.92 Å². The number of hydrogen-bond acceptors (Lipinski definition) is 4. The van der Waals surface area contributed by atoms with Gasteiger partial charge in [-0.3, -0.25) is 0 Å². The average Bonchev–Trinajstić information content (AvgIpc) is 3.07. The Morgan fingerprint density at radius 2 is 1.79 bits per heavy atom. The molecule has 0 saturated heterocycles. The Labute approximate surface area is 180 Å². The van der Waals surface area contributed by atoms with Crippen molar-refractivity contribution in [3.63, 3.8) is 0 Å². The van der Waals surface area contributed by atoms with Gasteiger partial charge < -0.3 is 9.64 Å². The third-order valence-corrected chi connectivity index (χ3v) is 5.82. The summed E-state index contributed by atoms with van der Waals surface area (Å²) in [6.07, 6.45) is 0. The van der Waals surface area contributed by atoms with Crippen LogP contribution in [0.15, 0.2) is 42.5 Å². The summed E-state index contributed by atoms with van der Waals surface area (Å²) in [7, 11) is 3.70. The van der Waals surface area contributed by atoms with Crippen LogP contribution < -0.4 is 9.64 Å². The number of nitrogens with zero attached hydrogens (tertiary/aromatic N) is 4. The molecule has 0 unspecified atom stereocenters. The lowest BCUT2D eigenvalue weighted by atomic mass is 9.87. The minimum Gasteiger partial charge on any atom is -0.494 e. The summed E-state index contributed by atoms with van der Waals surface area (Å²) in [5.41, 5.74) is 5.62. The van der Waals surface area contributed by atoms with Crippen LogP contribution in [0.3, 0.4) is 0 Å². The maximum Gasteiger partial charge on any atom is 0.178 e. The maximum absolute atomic E-state index is 5.55. The van der Waals surface area contributed by atoms with Crippen molar-refractivity contribution in [3.05, 3.63) is 59.3 Å². The van der Waals surface area contributed by atoms with E-state index in [4.69, 9.17) is 4.74 Å². The fourth-order valence-corrected chi connectivity index (χ4v) is 3.63. The molecule has 1 aromatic heterocycles. The van der Waals surface area contributed by atoms with E-state index < -0.39 is 0 Å². The van der Waals surface area contributed by atoms with Gasteiger partial charge in [0.1, 0.15) is 11.4 Å². The van der Waals surface area contributed by atoms with Gasteiger partial charge >= 0.3 is 0 Å². The van der Waals surface area contributed by atoms with Crippen molar-refractivity contribution in [1.82, 2.24) is 15.0 Å². The summed E-state index contributed by atoms with van der Waals surface area (Å²) < 4.78 is 8.33. The van der Waals surface area contributed by atoms with Gasteiger partial charge in [-0.1, -0.05) is 66.8 Å². The van der Waals surface area contributed by atoms with Gasteiger partial charge in [0.15, 0.2) is 5.82 Å². The van der Waals surface area contributed by atoms with Gasteiger partial charge in [0, 0.05) is 17.2 Å². The van der Waals surface area contributed by atoms with Crippen molar-refractivity contribution < 1.29 is 4.74 Å². The zero-order valence-corrected chi connectivity index (χ0v) is 19.5. The van der Waals surface area contributed by atoms with Crippen LogP contribution in [0.5, 0.6) is 5.75 Å². The molecule has 0 aliphatic carbocycles. The lowest BCUT2D eigenvalue weighted by molar-refractivity contribution is 0.411. The van der Waals surface area contributed by atoms with Crippen LogP contribution in [0.2, 0.25) is 0 Å². The number of benzene rings is 2. The molecule has 0 aliphatic heterocycles. The number of rotatable bonds is 5. The molecule has 148 valence electrons. The van der Waals surface area contributed by atoms with Crippen LogP contribution in [0.1, 0.15) is 37.6 Å². The van der Waals surface area contributed by atoms with E-state index >= 15 is 0 Å². The Kier molecular flexibility index (Phi) is 5.98. The summed E-state index contributed by atoms with van der Waals surface area (Å²) in [6, 6.07) is 14.8. The van der Waals surface area contributed by atoms with Crippen LogP contribution in [0.25, 0.3) is 5.69 Å². The zero-order valence-electron chi connectivity index (χ0n) is 17.3. The standard InChI is InChI=1S/C22H27IN4O/c1-15-21(26(5)18-10-8-17(9-11-18)22(2,3)4)24-25-27(15)19-13-16(14-23)7-12-20(19)28-6/h7-13H,14H2,1-6H3. The second-order valence-corrected chi connectivity index (χ2v) is 8.67. The molecule has 5 nitrogen and oxygen atoms in total. The van der Waals surface area contributed by atoms with E-state index in [0.717, 1.165) is 33.1 Å². The molecule has 0 radical (unpaired) electrons. The van der Waals surface area contributed by atoms with Gasteiger partial charge in [0.25, 0.3) is 0 Å². The van der Waals surface area contributed by atoms with Crippen molar-refractivity contribution in [2.45, 2.75) is 37.5 Å². The highest BCUT2D eigenvalue weighted by molar-refractivity contribution is 14.1. The summed E-state index contributed by atoms with van der Waals surface area (Å²) in [5, 5.41) is 8.87. The fraction of sp³-hybridized carbons (Fsp3) is 0.364. The third-order valence-electron chi connectivity index (χ3n) is 4.93. The molecule has 0 spiro atoms. The first kappa shape index (κ1) is 20.6. The molecular weight excluding hydrogens is 463 g/mol. The molecule has 1 heterocycles. The first-order valence-electron chi connectivity index (χ1n) is 9.26. The summed E-state index contributed by atoms with van der Waals surface area (Å²) in [5.74, 6) is 1.61. The number of hydrogen-bond donors (Lipinski definition) is 0. The topological polar surface area (TPSA) is 43.2 Å². The van der Waals surface area contributed by atoms with Crippen molar-refractivity contribution in [2.75, 3.05) is 19.1 Å². The number of halogens is 1. The molecule has 6 heteroatoms. The molecular formula is C22H27IN4O. The highest BCUT2D eigenvalue weighted by atomic mass is 127. The molecule has 3 aromatic rings. The quantitative estimate of drug-likeness (QED) is 0.346. The van der Waals surface area contributed by atoms with Crippen LogP contribution in [-0.4, -0.2) is 29.2 Å². The molecule has 0 amide bonds. The second-order valence-electron chi connectivity index (χ2n) is 7.91. The Balaban J connectivity index is 1.97. The summed E-state index contributed by atoms with van der Waals surface area (Å²) in [6.45, 7) is 8.70. The van der Waals surface area contributed by atoms with E-state index in [1.54, 1.807) is 7.11 Å². The number of alkyl halides is 1. The molecule has 0 N–H and O–H groups in total. The van der Waals surface area contributed by atoms with E-state index in [2.05, 4.69) is 95.0 Å². The lowest BCUT2D eigenvalue weighted by Crippen LogP contribution is -2.14. The lowest BCUT2D eigenvalue weighted by Gasteiger charge is -2.22. The Morgan fingerprint density at radius 3 is 2.36 bits per heavy atom. The molecule has 3 rings (SSSR count). The predicted molar refractivity (Wildman–Crippen MR) is 124 cm³/mol. The number of aromatic nitrogens is 3. The number of methoxy groups -OCH3 is 1. The molecule has 0 fully saturated rings. The first-order valence-corrected chi connectivity index (χ1v) is 10.8. The van der Waals surface area contributed by atoms with Gasteiger partial charge in [-0.25, -0.2) is 4.68 Å². The number of anilines is 2. The molecule has 0 saturated carbocycles. The van der Waals surface area contributed by atoms with E-state index in [1.807, 2.05) is 24.7 Å². The third kappa shape index (κ3) is 4.01. The Morgan fingerprint density at radius 1 is 1.11 bits per heavy atom. The van der Waals surface area contributed by atoms with Gasteiger partial charge in [0.05, 0.1) is 12.8 Å². The van der Waals surface area contributed by atoms with Gasteiger partial charge in [0.2, 0.25) is 0 Å². The van der Waals surface area contributed by atoms with E-state index in [9.17, 15) is 0 Å². The van der Waals surface area contributed by atoms with Crippen molar-refractivity contribution in [2.24, 2.45) is 0 Å². The van der Waals surface area contributed by atoms with Gasteiger partial charge in [-0.2, -0.15) is 0 Å². The largest absolute Gasteiger partial charge is 0.494 e. The normalized spacial score (nSPS) is 11.5. The number of ether oxygens (including phenoxy) is 1. The van der Waals surface area contributed by atoms with Crippen LogP contribution in [0.4, 0.5) is 11.5 Å². The monoisotopic (exact) mass is 490 g/mol. The zero-order chi connectivity index (χ0) is 20.5. The summed E-state index contributed by atoms with van der Waals surface area (Å²) in [4.78, 5) is 2.07. The highest BCUT2D eigenvalue weighted by Gasteiger charge is 2.19. The van der Waals surface area contributed by atoms with Gasteiger partial charge in [-0.05, 0) is 47.7 Å². The molecule has 0 bridgehead atoms. The Hall–Kier alpha value is -2.09. The van der Waals surface area contributed by atoms with Gasteiger partial charge in [-0.15, -0.1) is 5.10 Å². The van der Waals surface area contributed by atoms with Crippen LogP contribution in [-0.2, 0) is 9.84 Å². The smallest absolute Gasteiger partial charge is 0.178 e. The van der Waals surface area contributed by atoms with E-state index in [0.29, 0.717) is 0 Å². The maximum atomic E-state index is 5.55. The van der Waals surface area contributed by atoms with E-state index in [-0.39, 0.29) is 5.41 Å². The van der Waals surface area contributed by atoms with Crippen LogP contribution >= 0.6 is 22.6 Å². The van der Waals surface area contributed by atoms with Crippen molar-refractivity contribution in [3.8, 4) is 11.4 Å². The highest BCUT2D eigenvalue weighted by Crippen LogP contribution is 2.31. The minimum atomic E-state index is 0.135. The second kappa shape index (κ2) is 8.11. The first-order chi connectivity index (χ1) is 13.3. The SMILES string of the molecule is COc1ccc(CI)cc1-n1nnc(N(C)c2ccc(C(C)(C)C)cc2)c1C. The van der Waals surface area contributed by atoms with Crippen molar-refractivity contribution >= 4 is 34.1 Å².